The molecule has 0 spiro atoms. The Balaban J connectivity index is 1.19. The van der Waals surface area contributed by atoms with Crippen LogP contribution in [0.4, 0.5) is 5.69 Å². The van der Waals surface area contributed by atoms with Gasteiger partial charge in [0.15, 0.2) is 0 Å². The molecule has 1 aromatic carbocycles. The van der Waals surface area contributed by atoms with Crippen molar-refractivity contribution in [3.8, 4) is 0 Å². The highest BCUT2D eigenvalue weighted by Gasteiger charge is 2.37. The summed E-state index contributed by atoms with van der Waals surface area (Å²) in [5, 5.41) is 4.15. The number of hydrogen-bond acceptors (Lipinski definition) is 4. The summed E-state index contributed by atoms with van der Waals surface area (Å²) >= 11 is 0. The van der Waals surface area contributed by atoms with Gasteiger partial charge in [-0.1, -0.05) is 0 Å². The summed E-state index contributed by atoms with van der Waals surface area (Å²) in [5.41, 5.74) is 1.97. The van der Waals surface area contributed by atoms with E-state index in [4.69, 9.17) is 4.74 Å². The zero-order valence-electron chi connectivity index (χ0n) is 17.4. The molecular weight excluding hydrogens is 380 g/mol. The fourth-order valence-corrected chi connectivity index (χ4v) is 4.53. The summed E-state index contributed by atoms with van der Waals surface area (Å²) in [7, 11) is 0. The molecule has 3 fully saturated rings. The molecule has 1 saturated carbocycles. The van der Waals surface area contributed by atoms with Gasteiger partial charge in [0.25, 0.3) is 0 Å². The van der Waals surface area contributed by atoms with Crippen molar-refractivity contribution >= 4 is 28.4 Å². The maximum atomic E-state index is 12.7. The van der Waals surface area contributed by atoms with E-state index >= 15 is 0 Å². The van der Waals surface area contributed by atoms with Gasteiger partial charge < -0.3 is 19.5 Å². The Morgan fingerprint density at radius 2 is 1.97 bits per heavy atom. The van der Waals surface area contributed by atoms with Crippen molar-refractivity contribution < 1.29 is 14.3 Å². The lowest BCUT2D eigenvalue weighted by molar-refractivity contribution is -0.128. The number of nitrogens with zero attached hydrogens (tertiary/aromatic N) is 3. The van der Waals surface area contributed by atoms with Crippen molar-refractivity contribution in [1.82, 2.24) is 14.4 Å². The Kier molecular flexibility index (Phi) is 5.48. The first kappa shape index (κ1) is 19.6. The van der Waals surface area contributed by atoms with Gasteiger partial charge in [-0.3, -0.25) is 14.5 Å². The molecule has 2 aromatic rings. The van der Waals surface area contributed by atoms with Gasteiger partial charge in [-0.25, -0.2) is 0 Å². The van der Waals surface area contributed by atoms with Crippen LogP contribution in [0.3, 0.4) is 0 Å². The smallest absolute Gasteiger partial charge is 0.229 e. The van der Waals surface area contributed by atoms with Crippen molar-refractivity contribution in [2.24, 2.45) is 11.8 Å². The number of likely N-dealkylation sites (tertiary alicyclic amines) is 1. The van der Waals surface area contributed by atoms with Gasteiger partial charge in [-0.05, 0) is 43.0 Å². The molecule has 0 bridgehead atoms. The fraction of sp³-hybridized carbons (Fsp3) is 0.565. The lowest BCUT2D eigenvalue weighted by Gasteiger charge is -2.26. The summed E-state index contributed by atoms with van der Waals surface area (Å²) in [6.45, 7) is 6.97. The lowest BCUT2D eigenvalue weighted by Crippen LogP contribution is -2.38. The second kappa shape index (κ2) is 8.40. The Morgan fingerprint density at radius 3 is 2.77 bits per heavy atom. The first-order valence-electron chi connectivity index (χ1n) is 11.1. The first-order chi connectivity index (χ1) is 14.7. The highest BCUT2D eigenvalue weighted by Crippen LogP contribution is 2.32. The van der Waals surface area contributed by atoms with Crippen LogP contribution >= 0.6 is 0 Å². The number of nitrogens with one attached hydrogen (secondary N) is 1. The molecule has 2 amide bonds. The summed E-state index contributed by atoms with van der Waals surface area (Å²) in [5.74, 6) is 0.484. The zero-order valence-corrected chi connectivity index (χ0v) is 17.4. The monoisotopic (exact) mass is 410 g/mol. The number of amides is 2. The molecule has 3 aliphatic rings. The molecule has 0 radical (unpaired) electrons. The van der Waals surface area contributed by atoms with Crippen LogP contribution in [0.2, 0.25) is 0 Å². The molecule has 5 rings (SSSR count). The Bertz CT molecular complexity index is 930. The number of carbonyl (C=O) groups excluding carboxylic acids is 2. The molecule has 0 unspecified atom stereocenters. The highest BCUT2D eigenvalue weighted by atomic mass is 16.5. The van der Waals surface area contributed by atoms with E-state index in [1.165, 1.54) is 18.4 Å². The second-order valence-electron chi connectivity index (χ2n) is 8.87. The molecule has 2 aliphatic heterocycles. The minimum atomic E-state index is -0.245. The van der Waals surface area contributed by atoms with Crippen molar-refractivity contribution in [2.75, 3.05) is 51.3 Å². The average molecular weight is 411 g/mol. The largest absolute Gasteiger partial charge is 0.379 e. The van der Waals surface area contributed by atoms with Gasteiger partial charge in [-0.15, -0.1) is 0 Å². The van der Waals surface area contributed by atoms with Crippen LogP contribution in [-0.4, -0.2) is 72.1 Å². The number of ether oxygens (including phenoxy) is 1. The maximum Gasteiger partial charge on any atom is 0.229 e. The quantitative estimate of drug-likeness (QED) is 0.760. The van der Waals surface area contributed by atoms with E-state index in [9.17, 15) is 9.59 Å². The normalized spacial score (nSPS) is 22.7. The van der Waals surface area contributed by atoms with Crippen molar-refractivity contribution in [2.45, 2.75) is 25.8 Å². The van der Waals surface area contributed by atoms with Crippen LogP contribution in [0.5, 0.6) is 0 Å². The maximum absolute atomic E-state index is 12.7. The minimum absolute atomic E-state index is 0.0484. The predicted octanol–water partition coefficient (Wildman–Crippen LogP) is 2.17. The molecule has 1 aliphatic carbocycles. The fourth-order valence-electron chi connectivity index (χ4n) is 4.53. The Labute approximate surface area is 176 Å². The molecule has 160 valence electrons. The average Bonchev–Trinajstić information content (AvgIpc) is 3.37. The summed E-state index contributed by atoms with van der Waals surface area (Å²) < 4.78 is 7.68. The molecule has 1 N–H and O–H groups in total. The third-order valence-electron chi connectivity index (χ3n) is 6.56. The molecule has 1 atom stereocenters. The van der Waals surface area contributed by atoms with E-state index in [2.05, 4.69) is 33.1 Å². The number of hydrogen-bond donors (Lipinski definition) is 1. The Morgan fingerprint density at radius 1 is 1.13 bits per heavy atom. The van der Waals surface area contributed by atoms with Gasteiger partial charge in [0, 0.05) is 68.5 Å². The summed E-state index contributed by atoms with van der Waals surface area (Å²) in [6, 6.07) is 8.16. The third-order valence-corrected chi connectivity index (χ3v) is 6.56. The first-order valence-corrected chi connectivity index (χ1v) is 11.1. The molecule has 30 heavy (non-hydrogen) atoms. The van der Waals surface area contributed by atoms with Crippen molar-refractivity contribution in [3.05, 3.63) is 30.5 Å². The number of carbonyl (C=O) groups is 2. The molecule has 2 saturated heterocycles. The Hall–Kier alpha value is -2.38. The van der Waals surface area contributed by atoms with E-state index in [1.54, 1.807) is 0 Å². The van der Waals surface area contributed by atoms with Crippen LogP contribution < -0.4 is 5.32 Å². The zero-order chi connectivity index (χ0) is 20.5. The molecular formula is C23H30N4O3. The van der Waals surface area contributed by atoms with Crippen LogP contribution in [-0.2, 0) is 20.9 Å². The van der Waals surface area contributed by atoms with Crippen molar-refractivity contribution in [3.63, 3.8) is 0 Å². The molecule has 3 heterocycles. The van der Waals surface area contributed by atoms with E-state index in [1.807, 2.05) is 17.0 Å². The molecule has 1 aromatic heterocycles. The van der Waals surface area contributed by atoms with Crippen LogP contribution in [0, 0.1) is 11.8 Å². The van der Waals surface area contributed by atoms with Gasteiger partial charge in [0.1, 0.15) is 0 Å². The predicted molar refractivity (Wildman–Crippen MR) is 115 cm³/mol. The number of morpholine rings is 1. The van der Waals surface area contributed by atoms with Gasteiger partial charge >= 0.3 is 0 Å². The summed E-state index contributed by atoms with van der Waals surface area (Å²) in [4.78, 5) is 29.2. The lowest BCUT2D eigenvalue weighted by atomic mass is 10.1. The van der Waals surface area contributed by atoms with E-state index in [0.717, 1.165) is 57.0 Å². The minimum Gasteiger partial charge on any atom is -0.379 e. The van der Waals surface area contributed by atoms with Gasteiger partial charge in [0.05, 0.1) is 19.1 Å². The van der Waals surface area contributed by atoms with E-state index in [0.29, 0.717) is 18.9 Å². The second-order valence-corrected chi connectivity index (χ2v) is 8.87. The van der Waals surface area contributed by atoms with Crippen molar-refractivity contribution in [1.29, 1.82) is 0 Å². The van der Waals surface area contributed by atoms with E-state index < -0.39 is 0 Å². The van der Waals surface area contributed by atoms with Crippen LogP contribution in [0.1, 0.15) is 19.3 Å². The number of fused-ring (bicyclic) bond motifs is 1. The van der Waals surface area contributed by atoms with Crippen LogP contribution in [0.15, 0.2) is 30.5 Å². The van der Waals surface area contributed by atoms with Crippen LogP contribution in [0.25, 0.3) is 10.9 Å². The SMILES string of the molecule is O=C(Nc1ccc2c(ccn2CCN2CCOCC2)c1)[C@@H]1CC(=O)N(CC2CC2)C1. The molecule has 7 nitrogen and oxygen atoms in total. The molecule has 7 heteroatoms. The van der Waals surface area contributed by atoms with Gasteiger partial charge in [-0.2, -0.15) is 0 Å². The third kappa shape index (κ3) is 4.37. The van der Waals surface area contributed by atoms with E-state index in [-0.39, 0.29) is 17.7 Å². The topological polar surface area (TPSA) is 66.8 Å². The number of benzene rings is 1. The summed E-state index contributed by atoms with van der Waals surface area (Å²) in [6.07, 6.45) is 4.88. The van der Waals surface area contributed by atoms with Gasteiger partial charge in [0.2, 0.25) is 11.8 Å². The highest BCUT2D eigenvalue weighted by molar-refractivity contribution is 5.98. The standard InChI is InChI=1S/C23H30N4O3/c28-22-14-19(16-27(22)15-17-1-2-17)23(29)24-20-3-4-21-18(13-20)5-6-26(21)8-7-25-9-11-30-12-10-25/h3-6,13,17,19H,1-2,7-12,14-16H2,(H,24,29)/t19-/m1/s1. The number of rotatable bonds is 7. The number of aromatic nitrogens is 1. The number of anilines is 1.